The normalized spacial score (nSPS) is 11.0. The third kappa shape index (κ3) is 3.96. The molecule has 0 spiro atoms. The Morgan fingerprint density at radius 3 is 2.36 bits per heavy atom. The lowest BCUT2D eigenvalue weighted by Gasteiger charge is -2.07. The number of carboxylic acid groups (broad SMARTS) is 1. The molecule has 2 N–H and O–H groups in total. The van der Waals surface area contributed by atoms with Gasteiger partial charge in [-0.1, -0.05) is 12.1 Å². The van der Waals surface area contributed by atoms with E-state index in [0.717, 1.165) is 0 Å². The molecule has 8 nitrogen and oxygen atoms in total. The van der Waals surface area contributed by atoms with E-state index in [2.05, 4.69) is 20.6 Å². The van der Waals surface area contributed by atoms with Gasteiger partial charge in [0.1, 0.15) is 5.69 Å². The standard InChI is InChI=1S/C20H19N5O3/c1-12-19(23-22-16-10-8-15(9-11-16)21-14(3)26)13(2)25(24-12)18-7-5-4-6-17(18)20(27)28/h4-11H,1-3H3,(H,21,26)(H,27,28). The van der Waals surface area contributed by atoms with Gasteiger partial charge in [-0.3, -0.25) is 4.79 Å². The van der Waals surface area contributed by atoms with Crippen LogP contribution in [0.15, 0.2) is 58.8 Å². The van der Waals surface area contributed by atoms with Crippen molar-refractivity contribution in [2.75, 3.05) is 5.32 Å². The third-order valence-electron chi connectivity index (χ3n) is 4.07. The SMILES string of the molecule is CC(=O)Nc1ccc(N=Nc2c(C)nn(-c3ccccc3C(=O)O)c2C)cc1. The van der Waals surface area contributed by atoms with Gasteiger partial charge in [0.05, 0.1) is 28.3 Å². The number of benzene rings is 2. The largest absolute Gasteiger partial charge is 0.478 e. The van der Waals surface area contributed by atoms with E-state index in [1.165, 1.54) is 13.0 Å². The van der Waals surface area contributed by atoms with Gasteiger partial charge in [-0.25, -0.2) is 9.48 Å². The molecule has 2 aromatic carbocycles. The number of nitrogens with one attached hydrogen (secondary N) is 1. The Hall–Kier alpha value is -3.81. The predicted molar refractivity (Wildman–Crippen MR) is 105 cm³/mol. The van der Waals surface area contributed by atoms with E-state index in [-0.39, 0.29) is 11.5 Å². The Kier molecular flexibility index (Phi) is 5.30. The zero-order valence-electron chi connectivity index (χ0n) is 15.7. The summed E-state index contributed by atoms with van der Waals surface area (Å²) in [5.41, 5.74) is 3.82. The molecule has 0 bridgehead atoms. The predicted octanol–water partition coefficient (Wildman–Crippen LogP) is 4.56. The number of rotatable bonds is 5. The second kappa shape index (κ2) is 7.83. The van der Waals surface area contributed by atoms with Gasteiger partial charge < -0.3 is 10.4 Å². The number of carboxylic acids is 1. The van der Waals surface area contributed by atoms with Crippen LogP contribution in [0.4, 0.5) is 17.1 Å². The van der Waals surface area contributed by atoms with Crippen molar-refractivity contribution >= 4 is 28.9 Å². The number of hydrogen-bond donors (Lipinski definition) is 2. The van der Waals surface area contributed by atoms with E-state index < -0.39 is 5.97 Å². The first-order valence-electron chi connectivity index (χ1n) is 8.55. The van der Waals surface area contributed by atoms with Crippen LogP contribution in [0.5, 0.6) is 0 Å². The fourth-order valence-corrected chi connectivity index (χ4v) is 2.78. The molecule has 1 heterocycles. The Bertz CT molecular complexity index is 1070. The first kappa shape index (κ1) is 19.0. The van der Waals surface area contributed by atoms with Gasteiger partial charge in [-0.05, 0) is 50.2 Å². The number of amides is 1. The number of hydrogen-bond acceptors (Lipinski definition) is 5. The fraction of sp³-hybridized carbons (Fsp3) is 0.150. The van der Waals surface area contributed by atoms with E-state index in [0.29, 0.717) is 34.1 Å². The minimum atomic E-state index is -1.02. The van der Waals surface area contributed by atoms with Crippen molar-refractivity contribution in [3.05, 3.63) is 65.5 Å². The summed E-state index contributed by atoms with van der Waals surface area (Å²) in [6.07, 6.45) is 0. The summed E-state index contributed by atoms with van der Waals surface area (Å²) in [4.78, 5) is 22.6. The van der Waals surface area contributed by atoms with Gasteiger partial charge >= 0.3 is 5.97 Å². The van der Waals surface area contributed by atoms with Crippen LogP contribution in [0.1, 0.15) is 28.7 Å². The van der Waals surface area contributed by atoms with Gasteiger partial charge in [-0.2, -0.15) is 10.2 Å². The van der Waals surface area contributed by atoms with Crippen LogP contribution in [0.2, 0.25) is 0 Å². The molecule has 1 aromatic heterocycles. The van der Waals surface area contributed by atoms with E-state index in [1.807, 2.05) is 6.92 Å². The number of anilines is 1. The Labute approximate surface area is 161 Å². The molecule has 3 rings (SSSR count). The highest BCUT2D eigenvalue weighted by molar-refractivity contribution is 5.92. The van der Waals surface area contributed by atoms with Crippen molar-refractivity contribution in [1.29, 1.82) is 0 Å². The number of azo groups is 1. The lowest BCUT2D eigenvalue weighted by Crippen LogP contribution is -2.07. The molecular weight excluding hydrogens is 358 g/mol. The van der Waals surface area contributed by atoms with Crippen molar-refractivity contribution in [3.8, 4) is 5.69 Å². The molecular formula is C20H19N5O3. The molecule has 0 atom stereocenters. The van der Waals surface area contributed by atoms with Gasteiger partial charge in [0.15, 0.2) is 0 Å². The smallest absolute Gasteiger partial charge is 0.337 e. The molecule has 28 heavy (non-hydrogen) atoms. The Balaban J connectivity index is 1.92. The zero-order valence-corrected chi connectivity index (χ0v) is 15.7. The van der Waals surface area contributed by atoms with Gasteiger partial charge in [0.2, 0.25) is 5.91 Å². The molecule has 0 aliphatic carbocycles. The second-order valence-electron chi connectivity index (χ2n) is 6.18. The molecule has 0 aliphatic rings. The summed E-state index contributed by atoms with van der Waals surface area (Å²) in [5.74, 6) is -1.17. The summed E-state index contributed by atoms with van der Waals surface area (Å²) in [6.45, 7) is 5.05. The number of carbonyl (C=O) groups is 2. The van der Waals surface area contributed by atoms with E-state index in [4.69, 9.17) is 0 Å². The molecule has 0 aliphatic heterocycles. The maximum atomic E-state index is 11.5. The molecule has 0 radical (unpaired) electrons. The molecule has 0 fully saturated rings. The minimum absolute atomic E-state index is 0.144. The van der Waals surface area contributed by atoms with Crippen LogP contribution < -0.4 is 5.32 Å². The quantitative estimate of drug-likeness (QED) is 0.635. The average molecular weight is 377 g/mol. The number of nitrogens with zero attached hydrogens (tertiary/aromatic N) is 4. The summed E-state index contributed by atoms with van der Waals surface area (Å²) >= 11 is 0. The maximum Gasteiger partial charge on any atom is 0.337 e. The second-order valence-corrected chi connectivity index (χ2v) is 6.18. The van der Waals surface area contributed by atoms with Gasteiger partial charge in [0, 0.05) is 12.6 Å². The molecule has 142 valence electrons. The van der Waals surface area contributed by atoms with Crippen molar-refractivity contribution in [2.24, 2.45) is 10.2 Å². The lowest BCUT2D eigenvalue weighted by atomic mass is 10.2. The van der Waals surface area contributed by atoms with Crippen LogP contribution >= 0.6 is 0 Å². The number of aryl methyl sites for hydroxylation is 1. The number of carbonyl (C=O) groups excluding carboxylic acids is 1. The molecule has 8 heteroatoms. The third-order valence-corrected chi connectivity index (χ3v) is 4.07. The highest BCUT2D eigenvalue weighted by atomic mass is 16.4. The zero-order chi connectivity index (χ0) is 20.3. The van der Waals surface area contributed by atoms with Crippen molar-refractivity contribution in [2.45, 2.75) is 20.8 Å². The Morgan fingerprint density at radius 1 is 1.04 bits per heavy atom. The van der Waals surface area contributed by atoms with Crippen molar-refractivity contribution in [3.63, 3.8) is 0 Å². The average Bonchev–Trinajstić information content (AvgIpc) is 2.94. The number of aromatic carboxylic acids is 1. The Morgan fingerprint density at radius 2 is 1.71 bits per heavy atom. The van der Waals surface area contributed by atoms with Crippen molar-refractivity contribution in [1.82, 2.24) is 9.78 Å². The van der Waals surface area contributed by atoms with Crippen LogP contribution in [0.3, 0.4) is 0 Å². The van der Waals surface area contributed by atoms with E-state index >= 15 is 0 Å². The molecule has 3 aromatic rings. The number of para-hydroxylation sites is 1. The van der Waals surface area contributed by atoms with Crippen LogP contribution in [0.25, 0.3) is 5.69 Å². The molecule has 0 unspecified atom stereocenters. The topological polar surface area (TPSA) is 109 Å². The fourth-order valence-electron chi connectivity index (χ4n) is 2.78. The van der Waals surface area contributed by atoms with Crippen LogP contribution in [0, 0.1) is 13.8 Å². The summed E-state index contributed by atoms with van der Waals surface area (Å²) in [5, 5.41) is 25.1. The van der Waals surface area contributed by atoms with E-state index in [1.54, 1.807) is 54.1 Å². The highest BCUT2D eigenvalue weighted by Crippen LogP contribution is 2.29. The minimum Gasteiger partial charge on any atom is -0.478 e. The summed E-state index contributed by atoms with van der Waals surface area (Å²) in [7, 11) is 0. The first-order chi connectivity index (χ1) is 13.4. The number of aromatic nitrogens is 2. The first-order valence-corrected chi connectivity index (χ1v) is 8.55. The summed E-state index contributed by atoms with van der Waals surface area (Å²) in [6, 6.07) is 13.6. The summed E-state index contributed by atoms with van der Waals surface area (Å²) < 4.78 is 1.56. The molecule has 0 saturated heterocycles. The highest BCUT2D eigenvalue weighted by Gasteiger charge is 2.17. The maximum absolute atomic E-state index is 11.5. The van der Waals surface area contributed by atoms with Crippen LogP contribution in [-0.2, 0) is 4.79 Å². The van der Waals surface area contributed by atoms with E-state index in [9.17, 15) is 14.7 Å². The van der Waals surface area contributed by atoms with Gasteiger partial charge in [-0.15, -0.1) is 5.11 Å². The molecule has 0 saturated carbocycles. The monoisotopic (exact) mass is 377 g/mol. The lowest BCUT2D eigenvalue weighted by molar-refractivity contribution is -0.114. The van der Waals surface area contributed by atoms with Crippen LogP contribution in [-0.4, -0.2) is 26.8 Å². The van der Waals surface area contributed by atoms with Crippen molar-refractivity contribution < 1.29 is 14.7 Å². The molecule has 1 amide bonds. The van der Waals surface area contributed by atoms with Gasteiger partial charge in [0.25, 0.3) is 0 Å².